The molecule has 0 fully saturated rings. The van der Waals surface area contributed by atoms with E-state index in [4.69, 9.17) is 0 Å². The monoisotopic (exact) mass is 286 g/mol. The van der Waals surface area contributed by atoms with Crippen molar-refractivity contribution in [2.45, 2.75) is 26.8 Å². The lowest BCUT2D eigenvalue weighted by Gasteiger charge is -2.12. The number of para-hydroxylation sites is 1. The van der Waals surface area contributed by atoms with Gasteiger partial charge in [-0.15, -0.1) is 0 Å². The topological polar surface area (TPSA) is 59.0 Å². The van der Waals surface area contributed by atoms with Crippen LogP contribution in [0.15, 0.2) is 24.3 Å². The van der Waals surface area contributed by atoms with E-state index in [1.165, 1.54) is 5.56 Å². The molecule has 2 aromatic rings. The van der Waals surface area contributed by atoms with Gasteiger partial charge in [-0.05, 0) is 25.5 Å². The predicted molar refractivity (Wildman–Crippen MR) is 84.2 cm³/mol. The zero-order chi connectivity index (χ0) is 15.4. The quantitative estimate of drug-likeness (QED) is 0.883. The third-order valence-corrected chi connectivity index (χ3v) is 3.76. The Morgan fingerprint density at radius 1 is 1.29 bits per heavy atom. The van der Waals surface area contributed by atoms with Gasteiger partial charge in [0, 0.05) is 37.6 Å². The van der Waals surface area contributed by atoms with Gasteiger partial charge in [0.25, 0.3) is 0 Å². The molecule has 0 unspecified atom stereocenters. The summed E-state index contributed by atoms with van der Waals surface area (Å²) in [6.45, 7) is 4.78. The van der Waals surface area contributed by atoms with Crippen molar-refractivity contribution in [1.29, 1.82) is 0 Å². The molecule has 0 aliphatic heterocycles. The van der Waals surface area contributed by atoms with Crippen LogP contribution in [-0.2, 0) is 24.8 Å². The van der Waals surface area contributed by atoms with Gasteiger partial charge in [0.2, 0.25) is 5.91 Å². The summed E-state index contributed by atoms with van der Waals surface area (Å²) in [4.78, 5) is 11.6. The van der Waals surface area contributed by atoms with E-state index in [1.54, 1.807) is 7.05 Å². The first-order valence-corrected chi connectivity index (χ1v) is 7.04. The van der Waals surface area contributed by atoms with Crippen LogP contribution < -0.4 is 10.6 Å². The maximum Gasteiger partial charge on any atom is 0.224 e. The van der Waals surface area contributed by atoms with Crippen LogP contribution in [0.3, 0.4) is 0 Å². The smallest absolute Gasteiger partial charge is 0.224 e. The molecular formula is C16H22N4O. The van der Waals surface area contributed by atoms with Crippen molar-refractivity contribution in [3.05, 3.63) is 46.8 Å². The predicted octanol–water partition coefficient (Wildman–Crippen LogP) is 1.94. The van der Waals surface area contributed by atoms with Crippen LogP contribution >= 0.6 is 0 Å². The van der Waals surface area contributed by atoms with Gasteiger partial charge in [-0.3, -0.25) is 9.48 Å². The number of likely N-dealkylation sites (N-methyl/N-ethyl adjacent to an activating group) is 1. The molecule has 2 N–H and O–H groups in total. The highest BCUT2D eigenvalue weighted by Crippen LogP contribution is 2.19. The molecule has 1 aromatic heterocycles. The highest BCUT2D eigenvalue weighted by Gasteiger charge is 2.10. The van der Waals surface area contributed by atoms with Crippen LogP contribution in [0, 0.1) is 13.8 Å². The van der Waals surface area contributed by atoms with Crippen LogP contribution in [0.5, 0.6) is 0 Å². The Labute approximate surface area is 125 Å². The highest BCUT2D eigenvalue weighted by molar-refractivity contribution is 5.80. The van der Waals surface area contributed by atoms with Gasteiger partial charge in [0.1, 0.15) is 0 Å². The van der Waals surface area contributed by atoms with Crippen LogP contribution in [0.1, 0.15) is 22.5 Å². The zero-order valence-electron chi connectivity index (χ0n) is 13.0. The first-order chi connectivity index (χ1) is 10.0. The van der Waals surface area contributed by atoms with Crippen molar-refractivity contribution in [2.24, 2.45) is 7.05 Å². The fraction of sp³-hybridized carbons (Fsp3) is 0.375. The van der Waals surface area contributed by atoms with Gasteiger partial charge in [0.05, 0.1) is 12.1 Å². The van der Waals surface area contributed by atoms with Crippen molar-refractivity contribution in [3.63, 3.8) is 0 Å². The number of amides is 1. The van der Waals surface area contributed by atoms with E-state index in [-0.39, 0.29) is 5.91 Å². The zero-order valence-corrected chi connectivity index (χ0v) is 13.0. The fourth-order valence-corrected chi connectivity index (χ4v) is 2.37. The van der Waals surface area contributed by atoms with E-state index in [0.717, 1.165) is 22.6 Å². The second-order valence-corrected chi connectivity index (χ2v) is 5.13. The summed E-state index contributed by atoms with van der Waals surface area (Å²) in [5.41, 5.74) is 5.38. The van der Waals surface area contributed by atoms with E-state index in [1.807, 2.05) is 42.9 Å². The van der Waals surface area contributed by atoms with Gasteiger partial charge in [-0.2, -0.15) is 5.10 Å². The maximum atomic E-state index is 11.6. The van der Waals surface area contributed by atoms with Crippen molar-refractivity contribution in [2.75, 3.05) is 12.4 Å². The molecule has 1 heterocycles. The van der Waals surface area contributed by atoms with Gasteiger partial charge in [-0.1, -0.05) is 18.2 Å². The minimum absolute atomic E-state index is 0.0120. The molecular weight excluding hydrogens is 264 g/mol. The maximum absolute atomic E-state index is 11.6. The van der Waals surface area contributed by atoms with Crippen LogP contribution in [0.4, 0.5) is 5.69 Å². The first kappa shape index (κ1) is 15.1. The molecule has 0 radical (unpaired) electrons. The van der Waals surface area contributed by atoms with Gasteiger partial charge < -0.3 is 10.6 Å². The number of nitrogens with one attached hydrogen (secondary N) is 2. The standard InChI is InChI=1S/C16H22N4O/c1-11-14(12(2)20(4)19-11)10-18-15-8-6-5-7-13(15)9-16(21)17-3/h5-8,18H,9-10H2,1-4H3,(H,17,21). The van der Waals surface area contributed by atoms with Crippen LogP contribution in [0.25, 0.3) is 0 Å². The van der Waals surface area contributed by atoms with Gasteiger partial charge >= 0.3 is 0 Å². The summed E-state index contributed by atoms with van der Waals surface area (Å²) < 4.78 is 1.89. The Bertz CT molecular complexity index is 646. The molecule has 0 aliphatic carbocycles. The average molecular weight is 286 g/mol. The van der Waals surface area contributed by atoms with E-state index in [0.29, 0.717) is 13.0 Å². The lowest BCUT2D eigenvalue weighted by Crippen LogP contribution is -2.20. The summed E-state index contributed by atoms with van der Waals surface area (Å²) in [6.07, 6.45) is 0.380. The molecule has 5 heteroatoms. The number of hydrogen-bond acceptors (Lipinski definition) is 3. The van der Waals surface area contributed by atoms with Crippen LogP contribution in [0.2, 0.25) is 0 Å². The average Bonchev–Trinajstić information content (AvgIpc) is 2.71. The summed E-state index contributed by atoms with van der Waals surface area (Å²) in [5, 5.41) is 10.5. The number of carbonyl (C=O) groups is 1. The number of nitrogens with zero attached hydrogens (tertiary/aromatic N) is 2. The van der Waals surface area contributed by atoms with E-state index < -0.39 is 0 Å². The lowest BCUT2D eigenvalue weighted by molar-refractivity contribution is -0.119. The van der Waals surface area contributed by atoms with Gasteiger partial charge in [-0.25, -0.2) is 0 Å². The SMILES string of the molecule is CNC(=O)Cc1ccccc1NCc1c(C)nn(C)c1C. The minimum Gasteiger partial charge on any atom is -0.381 e. The Balaban J connectivity index is 2.15. The van der Waals surface area contributed by atoms with Crippen molar-refractivity contribution in [3.8, 4) is 0 Å². The molecule has 112 valence electrons. The van der Waals surface area contributed by atoms with Crippen molar-refractivity contribution < 1.29 is 4.79 Å². The molecule has 0 atom stereocenters. The van der Waals surface area contributed by atoms with Gasteiger partial charge in [0.15, 0.2) is 0 Å². The minimum atomic E-state index is 0.0120. The number of benzene rings is 1. The Hall–Kier alpha value is -2.30. The molecule has 0 saturated heterocycles. The number of carbonyl (C=O) groups excluding carboxylic acids is 1. The lowest BCUT2D eigenvalue weighted by atomic mass is 10.1. The molecule has 21 heavy (non-hydrogen) atoms. The summed E-state index contributed by atoms with van der Waals surface area (Å²) in [7, 11) is 3.60. The Morgan fingerprint density at radius 2 is 2.00 bits per heavy atom. The normalized spacial score (nSPS) is 10.5. The fourth-order valence-electron chi connectivity index (χ4n) is 2.37. The summed E-state index contributed by atoms with van der Waals surface area (Å²) >= 11 is 0. The molecule has 1 amide bonds. The first-order valence-electron chi connectivity index (χ1n) is 7.04. The molecule has 0 bridgehead atoms. The Morgan fingerprint density at radius 3 is 2.62 bits per heavy atom. The van der Waals surface area contributed by atoms with E-state index >= 15 is 0 Å². The van der Waals surface area contributed by atoms with Crippen molar-refractivity contribution in [1.82, 2.24) is 15.1 Å². The molecule has 5 nitrogen and oxygen atoms in total. The Kier molecular flexibility index (Phi) is 4.62. The summed E-state index contributed by atoms with van der Waals surface area (Å²) in [5.74, 6) is 0.0120. The summed E-state index contributed by atoms with van der Waals surface area (Å²) in [6, 6.07) is 7.89. The third-order valence-electron chi connectivity index (χ3n) is 3.76. The highest BCUT2D eigenvalue weighted by atomic mass is 16.1. The van der Waals surface area contributed by atoms with Crippen molar-refractivity contribution >= 4 is 11.6 Å². The van der Waals surface area contributed by atoms with E-state index in [2.05, 4.69) is 22.7 Å². The van der Waals surface area contributed by atoms with Crippen LogP contribution in [-0.4, -0.2) is 22.7 Å². The number of rotatable bonds is 5. The second kappa shape index (κ2) is 6.43. The largest absolute Gasteiger partial charge is 0.381 e. The number of aryl methyl sites for hydroxylation is 2. The molecule has 1 aromatic carbocycles. The third kappa shape index (κ3) is 3.42. The van der Waals surface area contributed by atoms with E-state index in [9.17, 15) is 4.79 Å². The number of anilines is 1. The molecule has 0 spiro atoms. The second-order valence-electron chi connectivity index (χ2n) is 5.13. The number of hydrogen-bond donors (Lipinski definition) is 2. The number of aromatic nitrogens is 2. The molecule has 0 aliphatic rings. The molecule has 0 saturated carbocycles. The molecule has 2 rings (SSSR count).